The van der Waals surface area contributed by atoms with Crippen LogP contribution < -0.4 is 9.79 Å². The highest BCUT2D eigenvalue weighted by Gasteiger charge is 2.27. The molecule has 0 N–H and O–H groups in total. The average molecular weight is 208 g/mol. The summed E-state index contributed by atoms with van der Waals surface area (Å²) in [6.07, 6.45) is 1.78. The average Bonchev–Trinajstić information content (AvgIpc) is 1.82. The Hall–Kier alpha value is 0.110. The van der Waals surface area contributed by atoms with E-state index in [1.807, 2.05) is 13.8 Å². The number of hydrogen-bond acceptors (Lipinski definition) is 4. The van der Waals surface area contributed by atoms with Crippen molar-refractivity contribution in [3.05, 3.63) is 0 Å². The van der Waals surface area contributed by atoms with Crippen molar-refractivity contribution in [2.24, 2.45) is 5.92 Å². The van der Waals surface area contributed by atoms with Gasteiger partial charge in [0.2, 0.25) is 0 Å². The molecular formula is C8H17O4P-2. The van der Waals surface area contributed by atoms with E-state index in [0.29, 0.717) is 0 Å². The van der Waals surface area contributed by atoms with Crippen LogP contribution >= 0.6 is 7.82 Å². The summed E-state index contributed by atoms with van der Waals surface area (Å²) in [6, 6.07) is 0. The summed E-state index contributed by atoms with van der Waals surface area (Å²) in [6.45, 7) is 7.12. The van der Waals surface area contributed by atoms with Gasteiger partial charge in [-0.15, -0.1) is 0 Å². The van der Waals surface area contributed by atoms with Gasteiger partial charge < -0.3 is 18.9 Å². The molecule has 13 heavy (non-hydrogen) atoms. The second kappa shape index (κ2) is 4.56. The third-order valence-electron chi connectivity index (χ3n) is 2.26. The van der Waals surface area contributed by atoms with Crippen LogP contribution in [0.3, 0.4) is 0 Å². The molecule has 0 bridgehead atoms. The van der Waals surface area contributed by atoms with Gasteiger partial charge >= 0.3 is 0 Å². The van der Waals surface area contributed by atoms with Crippen LogP contribution in [0.5, 0.6) is 0 Å². The molecule has 4 nitrogen and oxygen atoms in total. The van der Waals surface area contributed by atoms with Crippen LogP contribution in [0.2, 0.25) is 0 Å². The smallest absolute Gasteiger partial charge is 0.0704 e. The first kappa shape index (κ1) is 13.1. The minimum absolute atomic E-state index is 0.0497. The Bertz CT molecular complexity index is 196. The molecule has 0 saturated heterocycles. The van der Waals surface area contributed by atoms with Crippen LogP contribution in [0, 0.1) is 5.92 Å². The van der Waals surface area contributed by atoms with E-state index in [2.05, 4.69) is 4.52 Å². The molecule has 0 fully saturated rings. The molecule has 80 valence electrons. The Morgan fingerprint density at radius 2 is 1.92 bits per heavy atom. The zero-order chi connectivity index (χ0) is 10.7. The molecule has 0 aliphatic heterocycles. The van der Waals surface area contributed by atoms with Crippen molar-refractivity contribution in [2.45, 2.75) is 46.1 Å². The van der Waals surface area contributed by atoms with Crippen LogP contribution in [0.1, 0.15) is 40.5 Å². The molecule has 0 aliphatic carbocycles. The van der Waals surface area contributed by atoms with Gasteiger partial charge in [-0.3, -0.25) is 0 Å². The summed E-state index contributed by atoms with van der Waals surface area (Å²) in [5.74, 6) is 0.0497. The fourth-order valence-electron chi connectivity index (χ4n) is 1.16. The SMILES string of the molecule is CCCC(C)C(C)(C)OP(=O)([O-])[O-]. The highest BCUT2D eigenvalue weighted by Crippen LogP contribution is 2.37. The summed E-state index contributed by atoms with van der Waals surface area (Å²) >= 11 is 0. The molecule has 0 amide bonds. The molecule has 5 heteroatoms. The molecule has 0 rings (SSSR count). The minimum atomic E-state index is -4.86. The van der Waals surface area contributed by atoms with Crippen LogP contribution in [0.15, 0.2) is 0 Å². The largest absolute Gasteiger partial charge is 0.790 e. The Kier molecular flexibility index (Phi) is 4.60. The highest BCUT2D eigenvalue weighted by molar-refractivity contribution is 7.43. The van der Waals surface area contributed by atoms with Gasteiger partial charge in [-0.25, -0.2) is 0 Å². The van der Waals surface area contributed by atoms with Crippen molar-refractivity contribution in [3.63, 3.8) is 0 Å². The monoisotopic (exact) mass is 208 g/mol. The Balaban J connectivity index is 4.30. The van der Waals surface area contributed by atoms with Gasteiger partial charge in [-0.05, 0) is 26.2 Å². The quantitative estimate of drug-likeness (QED) is 0.633. The summed E-state index contributed by atoms with van der Waals surface area (Å²) in [4.78, 5) is 20.8. The molecule has 0 saturated carbocycles. The predicted octanol–water partition coefficient (Wildman–Crippen LogP) is 1.05. The summed E-state index contributed by atoms with van der Waals surface area (Å²) in [5.41, 5.74) is -0.894. The molecule has 0 aromatic rings. The van der Waals surface area contributed by atoms with Gasteiger partial charge in [-0.2, -0.15) is 0 Å². The lowest BCUT2D eigenvalue weighted by atomic mass is 9.89. The van der Waals surface area contributed by atoms with Crippen molar-refractivity contribution < 1.29 is 18.9 Å². The Morgan fingerprint density at radius 1 is 1.46 bits per heavy atom. The Morgan fingerprint density at radius 3 is 2.23 bits per heavy atom. The van der Waals surface area contributed by atoms with E-state index in [1.165, 1.54) is 0 Å². The molecule has 1 atom stereocenters. The fourth-order valence-corrected chi connectivity index (χ4v) is 1.92. The summed E-state index contributed by atoms with van der Waals surface area (Å²) in [7, 11) is -4.86. The van der Waals surface area contributed by atoms with E-state index in [1.54, 1.807) is 13.8 Å². The molecule has 0 spiro atoms. The first-order valence-electron chi connectivity index (χ1n) is 4.42. The predicted molar refractivity (Wildman–Crippen MR) is 46.8 cm³/mol. The lowest BCUT2D eigenvalue weighted by Gasteiger charge is -2.41. The van der Waals surface area contributed by atoms with E-state index >= 15 is 0 Å². The highest BCUT2D eigenvalue weighted by atomic mass is 31.2. The molecule has 0 aliphatic rings. The first-order chi connectivity index (χ1) is 5.69. The van der Waals surface area contributed by atoms with Gasteiger partial charge in [0.05, 0.1) is 13.4 Å². The molecular weight excluding hydrogens is 191 g/mol. The van der Waals surface area contributed by atoms with E-state index < -0.39 is 13.4 Å². The Labute approximate surface area is 79.5 Å². The summed E-state index contributed by atoms with van der Waals surface area (Å²) in [5, 5.41) is 0. The zero-order valence-corrected chi connectivity index (χ0v) is 9.47. The zero-order valence-electron chi connectivity index (χ0n) is 8.57. The maximum Gasteiger partial charge on any atom is 0.0704 e. The van der Waals surface area contributed by atoms with E-state index in [4.69, 9.17) is 0 Å². The van der Waals surface area contributed by atoms with E-state index in [-0.39, 0.29) is 5.92 Å². The van der Waals surface area contributed by atoms with Crippen LogP contribution in [-0.2, 0) is 9.09 Å². The normalized spacial score (nSPS) is 15.8. The molecule has 0 aromatic heterocycles. The van der Waals surface area contributed by atoms with Crippen molar-refractivity contribution in [3.8, 4) is 0 Å². The van der Waals surface area contributed by atoms with E-state index in [0.717, 1.165) is 12.8 Å². The minimum Gasteiger partial charge on any atom is -0.790 e. The van der Waals surface area contributed by atoms with Crippen LogP contribution in [0.25, 0.3) is 0 Å². The summed E-state index contributed by atoms with van der Waals surface area (Å²) < 4.78 is 14.9. The number of rotatable bonds is 5. The molecule has 0 radical (unpaired) electrons. The molecule has 0 aromatic carbocycles. The second-order valence-corrected chi connectivity index (χ2v) is 4.91. The lowest BCUT2D eigenvalue weighted by molar-refractivity contribution is -0.350. The number of phosphoric acid groups is 1. The van der Waals surface area contributed by atoms with Gasteiger partial charge in [0.1, 0.15) is 0 Å². The number of phosphoric ester groups is 1. The maximum absolute atomic E-state index is 10.4. The van der Waals surface area contributed by atoms with Gasteiger partial charge in [0, 0.05) is 0 Å². The standard InChI is InChI=1S/C8H19O4P/c1-5-6-7(2)8(3,4)12-13(9,10)11/h7H,5-6H2,1-4H3,(H2,9,10,11)/p-2. The van der Waals surface area contributed by atoms with Crippen LogP contribution in [0.4, 0.5) is 0 Å². The number of hydrogen-bond donors (Lipinski definition) is 0. The van der Waals surface area contributed by atoms with Crippen molar-refractivity contribution in [2.75, 3.05) is 0 Å². The topological polar surface area (TPSA) is 72.4 Å². The van der Waals surface area contributed by atoms with Gasteiger partial charge in [0.15, 0.2) is 0 Å². The van der Waals surface area contributed by atoms with Crippen molar-refractivity contribution in [1.29, 1.82) is 0 Å². The first-order valence-corrected chi connectivity index (χ1v) is 5.88. The second-order valence-electron chi connectivity index (χ2n) is 3.83. The van der Waals surface area contributed by atoms with Crippen LogP contribution in [-0.4, -0.2) is 5.60 Å². The van der Waals surface area contributed by atoms with Crippen molar-refractivity contribution >= 4 is 7.82 Å². The van der Waals surface area contributed by atoms with Gasteiger partial charge in [-0.1, -0.05) is 20.3 Å². The third-order valence-corrected chi connectivity index (χ3v) is 2.95. The molecule has 1 unspecified atom stereocenters. The lowest BCUT2D eigenvalue weighted by Crippen LogP contribution is -2.35. The molecule has 0 heterocycles. The fraction of sp³-hybridized carbons (Fsp3) is 1.00. The third kappa shape index (κ3) is 5.42. The maximum atomic E-state index is 10.4. The van der Waals surface area contributed by atoms with Crippen molar-refractivity contribution in [1.82, 2.24) is 0 Å². The van der Waals surface area contributed by atoms with E-state index in [9.17, 15) is 14.4 Å². The van der Waals surface area contributed by atoms with Gasteiger partial charge in [0.25, 0.3) is 0 Å².